The summed E-state index contributed by atoms with van der Waals surface area (Å²) in [5.74, 6) is 0.918. The Bertz CT molecular complexity index is 774. The summed E-state index contributed by atoms with van der Waals surface area (Å²) in [5, 5.41) is 15.0. The number of nitrogens with zero attached hydrogens (tertiary/aromatic N) is 3. The Kier molecular flexibility index (Phi) is 8.57. The maximum atomic E-state index is 13.0. The second-order valence-electron chi connectivity index (χ2n) is 6.02. The zero-order valence-corrected chi connectivity index (χ0v) is 15.4. The van der Waals surface area contributed by atoms with Crippen LogP contribution in [0.4, 0.5) is 10.1 Å². The van der Waals surface area contributed by atoms with Gasteiger partial charge in [0.25, 0.3) is 0 Å². The van der Waals surface area contributed by atoms with Crippen molar-refractivity contribution < 1.29 is 9.13 Å². The lowest BCUT2D eigenvalue weighted by atomic mass is 10.2. The number of hydrogen-bond donors (Lipinski definition) is 2. The van der Waals surface area contributed by atoms with E-state index in [4.69, 9.17) is 10.00 Å². The van der Waals surface area contributed by atoms with Crippen molar-refractivity contribution in [2.24, 2.45) is 4.99 Å². The van der Waals surface area contributed by atoms with Crippen molar-refractivity contribution >= 4 is 11.6 Å². The second-order valence-corrected chi connectivity index (χ2v) is 6.02. The van der Waals surface area contributed by atoms with Crippen molar-refractivity contribution in [3.63, 3.8) is 0 Å². The summed E-state index contributed by atoms with van der Waals surface area (Å²) >= 11 is 0. The Balaban J connectivity index is 1.58. The highest BCUT2D eigenvalue weighted by Gasteiger charge is 2.02. The molecule has 1 heterocycles. The maximum Gasteiger partial charge on any atom is 0.211 e. The fourth-order valence-corrected chi connectivity index (χ4v) is 2.48. The summed E-state index contributed by atoms with van der Waals surface area (Å²) in [4.78, 5) is 7.69. The van der Waals surface area contributed by atoms with Gasteiger partial charge in [0.05, 0.1) is 6.61 Å². The quantitative estimate of drug-likeness (QED) is 0.302. The molecule has 0 saturated heterocycles. The standard InChI is InChI=1S/C20H24FN5O/c1-16-14-17(21)6-7-19(16)27-13-5-3-2-4-10-24-20(25-15-22)26-18-8-11-23-12-9-18/h6-9,11-12,14H,2-5,10,13H2,1H3,(H2,23,24,25,26). The number of unbranched alkanes of at least 4 members (excludes halogenated alkanes) is 3. The molecule has 0 aliphatic carbocycles. The number of guanidine groups is 1. The predicted molar refractivity (Wildman–Crippen MR) is 104 cm³/mol. The first-order valence-corrected chi connectivity index (χ1v) is 8.95. The van der Waals surface area contributed by atoms with E-state index in [0.717, 1.165) is 49.2 Å². The predicted octanol–water partition coefficient (Wildman–Crippen LogP) is 4.01. The number of pyridine rings is 1. The van der Waals surface area contributed by atoms with Gasteiger partial charge >= 0.3 is 0 Å². The molecule has 0 aliphatic heterocycles. The maximum absolute atomic E-state index is 13.0. The average Bonchev–Trinajstić information content (AvgIpc) is 2.66. The van der Waals surface area contributed by atoms with E-state index in [1.54, 1.807) is 36.8 Å². The third-order valence-corrected chi connectivity index (χ3v) is 3.86. The van der Waals surface area contributed by atoms with E-state index in [0.29, 0.717) is 12.6 Å². The largest absolute Gasteiger partial charge is 0.493 e. The first-order chi connectivity index (χ1) is 13.2. The molecule has 1 aromatic heterocycles. The number of rotatable bonds is 9. The van der Waals surface area contributed by atoms with Crippen molar-refractivity contribution in [3.8, 4) is 11.9 Å². The Hall–Kier alpha value is -3.14. The topological polar surface area (TPSA) is 82.3 Å². The van der Waals surface area contributed by atoms with E-state index in [2.05, 4.69) is 20.6 Å². The van der Waals surface area contributed by atoms with Crippen LogP contribution >= 0.6 is 0 Å². The lowest BCUT2D eigenvalue weighted by Crippen LogP contribution is -2.31. The SMILES string of the molecule is Cc1cc(F)ccc1OCCCCCCN/C(=N\C#N)Nc1ccncc1. The molecule has 2 rings (SSSR count). The summed E-state index contributed by atoms with van der Waals surface area (Å²) < 4.78 is 18.7. The van der Waals surface area contributed by atoms with E-state index < -0.39 is 0 Å². The van der Waals surface area contributed by atoms with Gasteiger partial charge < -0.3 is 15.4 Å². The summed E-state index contributed by atoms with van der Waals surface area (Å²) in [5.41, 5.74) is 1.63. The highest BCUT2D eigenvalue weighted by molar-refractivity contribution is 5.94. The zero-order valence-electron chi connectivity index (χ0n) is 15.4. The minimum absolute atomic E-state index is 0.245. The van der Waals surface area contributed by atoms with Crippen LogP contribution in [0.25, 0.3) is 0 Å². The molecule has 0 aliphatic rings. The Labute approximate surface area is 159 Å². The fourth-order valence-electron chi connectivity index (χ4n) is 2.48. The summed E-state index contributed by atoms with van der Waals surface area (Å²) in [6.07, 6.45) is 9.08. The minimum Gasteiger partial charge on any atom is -0.493 e. The number of ether oxygens (including phenoxy) is 1. The van der Waals surface area contributed by atoms with Crippen LogP contribution in [0.3, 0.4) is 0 Å². The number of benzene rings is 1. The Morgan fingerprint density at radius 3 is 2.70 bits per heavy atom. The van der Waals surface area contributed by atoms with Crippen LogP contribution in [-0.2, 0) is 0 Å². The number of anilines is 1. The number of nitrogens with one attached hydrogen (secondary N) is 2. The van der Waals surface area contributed by atoms with Gasteiger partial charge in [-0.1, -0.05) is 12.8 Å². The third kappa shape index (κ3) is 7.74. The first-order valence-electron chi connectivity index (χ1n) is 8.95. The number of aliphatic imine (C=N–C) groups is 1. The van der Waals surface area contributed by atoms with Crippen LogP contribution < -0.4 is 15.4 Å². The van der Waals surface area contributed by atoms with Crippen molar-refractivity contribution in [2.75, 3.05) is 18.5 Å². The van der Waals surface area contributed by atoms with Crippen LogP contribution in [0.15, 0.2) is 47.7 Å². The van der Waals surface area contributed by atoms with E-state index in [1.165, 1.54) is 12.1 Å². The normalized spacial score (nSPS) is 10.9. The van der Waals surface area contributed by atoms with Crippen LogP contribution in [0, 0.1) is 24.2 Å². The number of halogens is 1. The highest BCUT2D eigenvalue weighted by Crippen LogP contribution is 2.18. The first kappa shape index (κ1) is 20.2. The molecular weight excluding hydrogens is 345 g/mol. The Morgan fingerprint density at radius 2 is 1.96 bits per heavy atom. The lowest BCUT2D eigenvalue weighted by Gasteiger charge is -2.11. The molecule has 0 saturated carbocycles. The zero-order chi connectivity index (χ0) is 19.3. The van der Waals surface area contributed by atoms with Crippen molar-refractivity contribution in [1.82, 2.24) is 10.3 Å². The summed E-state index contributed by atoms with van der Waals surface area (Å²) in [6, 6.07) is 8.16. The second kappa shape index (κ2) is 11.5. The van der Waals surface area contributed by atoms with Crippen molar-refractivity contribution in [3.05, 3.63) is 54.1 Å². The Morgan fingerprint density at radius 1 is 1.19 bits per heavy atom. The van der Waals surface area contributed by atoms with Crippen molar-refractivity contribution in [1.29, 1.82) is 5.26 Å². The van der Waals surface area contributed by atoms with Gasteiger partial charge in [-0.3, -0.25) is 4.98 Å². The number of aromatic nitrogens is 1. The summed E-state index contributed by atoms with van der Waals surface area (Å²) in [7, 11) is 0. The van der Waals surface area contributed by atoms with E-state index in [1.807, 2.05) is 6.92 Å². The minimum atomic E-state index is -0.245. The summed E-state index contributed by atoms with van der Waals surface area (Å²) in [6.45, 7) is 3.17. The number of hydrogen-bond acceptors (Lipinski definition) is 4. The molecule has 142 valence electrons. The molecule has 7 heteroatoms. The lowest BCUT2D eigenvalue weighted by molar-refractivity contribution is 0.302. The number of nitriles is 1. The molecule has 1 aromatic carbocycles. The molecule has 0 amide bonds. The molecule has 0 fully saturated rings. The van der Waals surface area contributed by atoms with Crippen molar-refractivity contribution in [2.45, 2.75) is 32.6 Å². The highest BCUT2D eigenvalue weighted by atomic mass is 19.1. The van der Waals surface area contributed by atoms with Gasteiger partial charge in [-0.05, 0) is 55.7 Å². The molecule has 0 atom stereocenters. The van der Waals surface area contributed by atoms with Gasteiger partial charge in [-0.25, -0.2) is 4.39 Å². The molecule has 0 bridgehead atoms. The van der Waals surface area contributed by atoms with E-state index in [9.17, 15) is 4.39 Å². The molecule has 2 N–H and O–H groups in total. The third-order valence-electron chi connectivity index (χ3n) is 3.86. The smallest absolute Gasteiger partial charge is 0.211 e. The van der Waals surface area contributed by atoms with Gasteiger partial charge in [0.15, 0.2) is 0 Å². The van der Waals surface area contributed by atoms with Crippen LogP contribution in [0.5, 0.6) is 5.75 Å². The van der Waals surface area contributed by atoms with Crippen LogP contribution in [0.2, 0.25) is 0 Å². The molecule has 2 aromatic rings. The van der Waals surface area contributed by atoms with Crippen LogP contribution in [-0.4, -0.2) is 24.1 Å². The van der Waals surface area contributed by atoms with Gasteiger partial charge in [0.1, 0.15) is 11.6 Å². The van der Waals surface area contributed by atoms with Gasteiger partial charge in [-0.15, -0.1) is 4.99 Å². The molecular formula is C20H24FN5O. The molecule has 0 radical (unpaired) electrons. The van der Waals surface area contributed by atoms with Gasteiger partial charge in [0.2, 0.25) is 12.2 Å². The molecule has 27 heavy (non-hydrogen) atoms. The van der Waals surface area contributed by atoms with E-state index in [-0.39, 0.29) is 5.82 Å². The average molecular weight is 369 g/mol. The fraction of sp³-hybridized carbons (Fsp3) is 0.350. The monoisotopic (exact) mass is 369 g/mol. The number of aryl methyl sites for hydroxylation is 1. The molecule has 6 nitrogen and oxygen atoms in total. The van der Waals surface area contributed by atoms with Gasteiger partial charge in [-0.2, -0.15) is 5.26 Å². The molecule has 0 spiro atoms. The molecule has 0 unspecified atom stereocenters. The van der Waals surface area contributed by atoms with E-state index >= 15 is 0 Å². The van der Waals surface area contributed by atoms with Crippen LogP contribution in [0.1, 0.15) is 31.2 Å². The van der Waals surface area contributed by atoms with Gasteiger partial charge in [0, 0.05) is 24.6 Å².